The maximum Gasteiger partial charge on any atom is 0.136 e. The minimum absolute atomic E-state index is 0.193. The van der Waals surface area contributed by atoms with Crippen molar-refractivity contribution in [2.75, 3.05) is 6.61 Å². The Morgan fingerprint density at radius 3 is 2.50 bits per heavy atom. The second-order valence-electron chi connectivity index (χ2n) is 10.8. The summed E-state index contributed by atoms with van der Waals surface area (Å²) in [7, 11) is 0. The van der Waals surface area contributed by atoms with Gasteiger partial charge >= 0.3 is 0 Å². The SMILES string of the molecule is C[C@H](CCO)[C@H]1CC[C@H]2[C@@H]3C(=O)C[C@@H]4C[C@H](O)CC[C@]4(C)[C@H]3CC[C@]12C. The van der Waals surface area contributed by atoms with E-state index in [0.29, 0.717) is 41.8 Å². The Kier molecular flexibility index (Phi) is 4.79. The molecular formula is C23H38O3. The Bertz CT molecular complexity index is 560. The van der Waals surface area contributed by atoms with E-state index in [1.165, 1.54) is 25.7 Å². The monoisotopic (exact) mass is 362 g/mol. The first-order chi connectivity index (χ1) is 12.3. The molecule has 0 unspecified atom stereocenters. The van der Waals surface area contributed by atoms with Crippen molar-refractivity contribution in [2.24, 2.45) is 46.3 Å². The summed E-state index contributed by atoms with van der Waals surface area (Å²) in [6.45, 7) is 7.50. The molecule has 4 fully saturated rings. The molecule has 0 bridgehead atoms. The number of carbonyl (C=O) groups is 1. The van der Waals surface area contributed by atoms with Crippen LogP contribution in [0.4, 0.5) is 0 Å². The van der Waals surface area contributed by atoms with Crippen LogP contribution >= 0.6 is 0 Å². The predicted molar refractivity (Wildman–Crippen MR) is 102 cm³/mol. The Hall–Kier alpha value is -0.410. The van der Waals surface area contributed by atoms with Gasteiger partial charge in [0.05, 0.1) is 6.10 Å². The molecule has 3 heteroatoms. The summed E-state index contributed by atoms with van der Waals surface area (Å²) >= 11 is 0. The minimum Gasteiger partial charge on any atom is -0.396 e. The number of fused-ring (bicyclic) bond motifs is 5. The summed E-state index contributed by atoms with van der Waals surface area (Å²) in [5, 5.41) is 19.6. The molecule has 4 aliphatic carbocycles. The molecule has 0 aromatic carbocycles. The van der Waals surface area contributed by atoms with Gasteiger partial charge in [-0.25, -0.2) is 0 Å². The number of aliphatic hydroxyl groups is 2. The molecule has 9 atom stereocenters. The second-order valence-corrected chi connectivity index (χ2v) is 10.8. The van der Waals surface area contributed by atoms with Gasteiger partial charge in [-0.05, 0) is 91.8 Å². The lowest BCUT2D eigenvalue weighted by atomic mass is 9.44. The third kappa shape index (κ3) is 2.64. The predicted octanol–water partition coefficient (Wildman–Crippen LogP) is 4.20. The zero-order valence-electron chi connectivity index (χ0n) is 16.9. The second kappa shape index (κ2) is 6.58. The van der Waals surface area contributed by atoms with Crippen molar-refractivity contribution < 1.29 is 15.0 Å². The standard InChI is InChI=1S/C23H38O3/c1-14(8-11-24)17-4-5-18-21-19(7-10-23(17,18)3)22(2)9-6-16(25)12-15(22)13-20(21)26/h14-19,21,24-25H,4-13H2,1-3H3/t14-,15+,16-,17-,18+,19+,21+,22+,23-/m1/s1. The molecule has 2 N–H and O–H groups in total. The van der Waals surface area contributed by atoms with Crippen molar-refractivity contribution in [3.8, 4) is 0 Å². The number of hydrogen-bond donors (Lipinski definition) is 2. The molecule has 0 spiro atoms. The Labute approximate surface area is 158 Å². The van der Waals surface area contributed by atoms with E-state index in [9.17, 15) is 15.0 Å². The van der Waals surface area contributed by atoms with Crippen molar-refractivity contribution in [2.45, 2.75) is 84.7 Å². The first-order valence-corrected chi connectivity index (χ1v) is 11.1. The summed E-state index contributed by atoms with van der Waals surface area (Å²) in [6, 6.07) is 0. The zero-order chi connectivity index (χ0) is 18.7. The molecule has 4 saturated carbocycles. The number of ketones is 1. The van der Waals surface area contributed by atoms with Crippen molar-refractivity contribution in [3.63, 3.8) is 0 Å². The van der Waals surface area contributed by atoms with Crippen molar-refractivity contribution >= 4 is 5.78 Å². The highest BCUT2D eigenvalue weighted by atomic mass is 16.3. The van der Waals surface area contributed by atoms with Gasteiger partial charge in [-0.2, -0.15) is 0 Å². The Balaban J connectivity index is 1.62. The summed E-state index contributed by atoms with van der Waals surface area (Å²) in [6.07, 6.45) is 9.14. The van der Waals surface area contributed by atoms with Gasteiger partial charge in [0, 0.05) is 18.9 Å². The average molecular weight is 363 g/mol. The van der Waals surface area contributed by atoms with Gasteiger partial charge < -0.3 is 10.2 Å². The first kappa shape index (κ1) is 18.9. The van der Waals surface area contributed by atoms with Gasteiger partial charge in [0.25, 0.3) is 0 Å². The van der Waals surface area contributed by atoms with Crippen molar-refractivity contribution in [3.05, 3.63) is 0 Å². The van der Waals surface area contributed by atoms with Crippen LogP contribution in [0.25, 0.3) is 0 Å². The van der Waals surface area contributed by atoms with Crippen LogP contribution in [0.5, 0.6) is 0 Å². The van der Waals surface area contributed by atoms with E-state index in [4.69, 9.17) is 0 Å². The number of rotatable bonds is 3. The fraction of sp³-hybridized carbons (Fsp3) is 0.957. The lowest BCUT2D eigenvalue weighted by Crippen LogP contribution is -2.57. The van der Waals surface area contributed by atoms with E-state index in [0.717, 1.165) is 25.7 Å². The maximum absolute atomic E-state index is 13.3. The molecule has 0 saturated heterocycles. The van der Waals surface area contributed by atoms with E-state index in [1.807, 2.05) is 0 Å². The van der Waals surface area contributed by atoms with Gasteiger partial charge in [-0.15, -0.1) is 0 Å². The van der Waals surface area contributed by atoms with E-state index < -0.39 is 0 Å². The van der Waals surface area contributed by atoms with E-state index >= 15 is 0 Å². The van der Waals surface area contributed by atoms with E-state index in [1.54, 1.807) is 0 Å². The summed E-state index contributed by atoms with van der Waals surface area (Å²) in [4.78, 5) is 13.3. The lowest BCUT2D eigenvalue weighted by molar-refractivity contribution is -0.160. The quantitative estimate of drug-likeness (QED) is 0.791. The largest absolute Gasteiger partial charge is 0.396 e. The average Bonchev–Trinajstić information content (AvgIpc) is 2.94. The van der Waals surface area contributed by atoms with Gasteiger partial charge in [0.1, 0.15) is 5.78 Å². The Morgan fingerprint density at radius 1 is 1.08 bits per heavy atom. The summed E-state index contributed by atoms with van der Waals surface area (Å²) in [5.74, 6) is 3.46. The molecule has 0 amide bonds. The van der Waals surface area contributed by atoms with Crippen LogP contribution in [0.2, 0.25) is 0 Å². The Morgan fingerprint density at radius 2 is 1.77 bits per heavy atom. The third-order valence-corrected chi connectivity index (χ3v) is 9.79. The number of hydrogen-bond acceptors (Lipinski definition) is 3. The maximum atomic E-state index is 13.3. The molecular weight excluding hydrogens is 324 g/mol. The highest BCUT2D eigenvalue weighted by Gasteiger charge is 2.62. The van der Waals surface area contributed by atoms with Gasteiger partial charge in [0.2, 0.25) is 0 Å². The van der Waals surface area contributed by atoms with Crippen LogP contribution < -0.4 is 0 Å². The molecule has 3 nitrogen and oxygen atoms in total. The first-order valence-electron chi connectivity index (χ1n) is 11.1. The van der Waals surface area contributed by atoms with Crippen LogP contribution in [-0.4, -0.2) is 28.7 Å². The number of carbonyl (C=O) groups excluding carboxylic acids is 1. The molecule has 0 aliphatic heterocycles. The molecule has 0 aromatic rings. The molecule has 4 aliphatic rings. The smallest absolute Gasteiger partial charge is 0.136 e. The van der Waals surface area contributed by atoms with E-state index in [-0.39, 0.29) is 29.5 Å². The molecule has 0 radical (unpaired) electrons. The fourth-order valence-electron chi connectivity index (χ4n) is 8.29. The zero-order valence-corrected chi connectivity index (χ0v) is 16.9. The topological polar surface area (TPSA) is 57.5 Å². The minimum atomic E-state index is -0.193. The van der Waals surface area contributed by atoms with Crippen molar-refractivity contribution in [1.29, 1.82) is 0 Å². The fourth-order valence-corrected chi connectivity index (χ4v) is 8.29. The van der Waals surface area contributed by atoms with Gasteiger partial charge in [0.15, 0.2) is 0 Å². The van der Waals surface area contributed by atoms with Gasteiger partial charge in [-0.1, -0.05) is 20.8 Å². The van der Waals surface area contributed by atoms with Crippen LogP contribution in [-0.2, 0) is 4.79 Å². The van der Waals surface area contributed by atoms with E-state index in [2.05, 4.69) is 20.8 Å². The highest BCUT2D eigenvalue weighted by molar-refractivity contribution is 5.83. The third-order valence-electron chi connectivity index (χ3n) is 9.79. The molecule has 26 heavy (non-hydrogen) atoms. The highest BCUT2D eigenvalue weighted by Crippen LogP contribution is 2.67. The summed E-state index contributed by atoms with van der Waals surface area (Å²) in [5.41, 5.74) is 0.538. The van der Waals surface area contributed by atoms with Gasteiger partial charge in [-0.3, -0.25) is 4.79 Å². The lowest BCUT2D eigenvalue weighted by Gasteiger charge is -2.60. The summed E-state index contributed by atoms with van der Waals surface area (Å²) < 4.78 is 0. The molecule has 0 heterocycles. The van der Waals surface area contributed by atoms with Crippen LogP contribution in [0.3, 0.4) is 0 Å². The van der Waals surface area contributed by atoms with Crippen LogP contribution in [0.1, 0.15) is 78.6 Å². The van der Waals surface area contributed by atoms with Crippen LogP contribution in [0.15, 0.2) is 0 Å². The normalized spacial score (nSPS) is 52.1. The molecule has 4 rings (SSSR count). The van der Waals surface area contributed by atoms with Crippen LogP contribution in [0, 0.1) is 46.3 Å². The van der Waals surface area contributed by atoms with Crippen molar-refractivity contribution in [1.82, 2.24) is 0 Å². The molecule has 0 aromatic heterocycles. The number of aliphatic hydroxyl groups excluding tert-OH is 2. The molecule has 148 valence electrons. The number of Topliss-reactive ketones (excluding diaryl/α,β-unsaturated/α-hetero) is 1.